The van der Waals surface area contributed by atoms with Gasteiger partial charge in [-0.15, -0.1) is 5.10 Å². The van der Waals surface area contributed by atoms with Crippen LogP contribution in [0.5, 0.6) is 0 Å². The lowest BCUT2D eigenvalue weighted by Gasteiger charge is -2.08. The molecule has 0 saturated heterocycles. The van der Waals surface area contributed by atoms with Gasteiger partial charge < -0.3 is 0 Å². The molecule has 0 saturated carbocycles. The Morgan fingerprint density at radius 3 is 2.07 bits per heavy atom. The molecule has 3 aromatic rings. The maximum Gasteiger partial charge on any atom is 0.269 e. The number of aryl methyl sites for hydroxylation is 2. The van der Waals surface area contributed by atoms with Crippen molar-refractivity contribution in [2.75, 3.05) is 0 Å². The molecule has 0 aliphatic rings. The molecule has 1 aromatic heterocycles. The van der Waals surface area contributed by atoms with E-state index in [-0.39, 0.29) is 5.91 Å². The normalized spacial score (nSPS) is 10.5. The van der Waals surface area contributed by atoms with Crippen molar-refractivity contribution in [3.05, 3.63) is 77.1 Å². The highest BCUT2D eigenvalue weighted by Crippen LogP contribution is 2.10. The zero-order chi connectivity index (χ0) is 19.9. The third-order valence-corrected chi connectivity index (χ3v) is 4.32. The van der Waals surface area contributed by atoms with Gasteiger partial charge in [0.05, 0.1) is 17.6 Å². The van der Waals surface area contributed by atoms with Gasteiger partial charge in [0.2, 0.25) is 0 Å². The summed E-state index contributed by atoms with van der Waals surface area (Å²) in [6, 6.07) is 14.0. The van der Waals surface area contributed by atoms with E-state index >= 15 is 0 Å². The molecule has 0 radical (unpaired) electrons. The van der Waals surface area contributed by atoms with Crippen molar-refractivity contribution in [3.63, 3.8) is 0 Å². The highest BCUT2D eigenvalue weighted by atomic mass is 16.2. The van der Waals surface area contributed by atoms with Gasteiger partial charge in [0.1, 0.15) is 0 Å². The molecule has 2 amide bonds. The summed E-state index contributed by atoms with van der Waals surface area (Å²) in [4.78, 5) is 24.3. The molecule has 0 unspecified atom stereocenters. The minimum Gasteiger partial charge on any atom is -0.267 e. The van der Waals surface area contributed by atoms with Crippen LogP contribution in [0.1, 0.15) is 51.7 Å². The van der Waals surface area contributed by atoms with E-state index in [4.69, 9.17) is 0 Å². The second kappa shape index (κ2) is 8.94. The van der Waals surface area contributed by atoms with Gasteiger partial charge in [0.25, 0.3) is 11.8 Å². The molecule has 28 heavy (non-hydrogen) atoms. The van der Waals surface area contributed by atoms with Crippen LogP contribution in [0.15, 0.2) is 54.7 Å². The molecule has 0 aliphatic heterocycles. The molecule has 0 aliphatic carbocycles. The first kappa shape index (κ1) is 19.3. The fourth-order valence-electron chi connectivity index (χ4n) is 2.63. The summed E-state index contributed by atoms with van der Waals surface area (Å²) in [6.45, 7) is 4.08. The summed E-state index contributed by atoms with van der Waals surface area (Å²) >= 11 is 0. The van der Waals surface area contributed by atoms with E-state index in [9.17, 15) is 9.59 Å². The van der Waals surface area contributed by atoms with E-state index < -0.39 is 5.91 Å². The maximum atomic E-state index is 12.2. The van der Waals surface area contributed by atoms with E-state index in [1.807, 2.05) is 25.3 Å². The molecule has 2 N–H and O–H groups in total. The fourth-order valence-corrected chi connectivity index (χ4v) is 2.63. The molecule has 0 fully saturated rings. The van der Waals surface area contributed by atoms with Gasteiger partial charge >= 0.3 is 0 Å². The van der Waals surface area contributed by atoms with Crippen molar-refractivity contribution in [2.24, 2.45) is 0 Å². The number of hydrogen-bond donors (Lipinski definition) is 2. The Morgan fingerprint density at radius 1 is 0.929 bits per heavy atom. The number of nitrogens with one attached hydrogen (secondary N) is 2. The van der Waals surface area contributed by atoms with E-state index in [0.29, 0.717) is 11.1 Å². The Balaban J connectivity index is 1.58. The van der Waals surface area contributed by atoms with Gasteiger partial charge in [-0.05, 0) is 56.2 Å². The third kappa shape index (κ3) is 4.82. The molecular weight excluding hydrogens is 354 g/mol. The van der Waals surface area contributed by atoms with Crippen LogP contribution in [0.25, 0.3) is 5.69 Å². The number of amides is 2. The predicted molar refractivity (Wildman–Crippen MR) is 106 cm³/mol. The number of carbonyl (C=O) groups excluding carboxylic acids is 2. The molecule has 0 atom stereocenters. The lowest BCUT2D eigenvalue weighted by Crippen LogP contribution is -2.41. The number of aromatic nitrogens is 3. The monoisotopic (exact) mass is 377 g/mol. The fraction of sp³-hybridized carbons (Fsp3) is 0.238. The molecule has 2 aromatic carbocycles. The van der Waals surface area contributed by atoms with Crippen molar-refractivity contribution >= 4 is 11.8 Å². The van der Waals surface area contributed by atoms with E-state index in [0.717, 1.165) is 36.2 Å². The quantitative estimate of drug-likeness (QED) is 0.646. The third-order valence-electron chi connectivity index (χ3n) is 4.32. The first-order valence-electron chi connectivity index (χ1n) is 9.26. The Labute approximate surface area is 163 Å². The molecule has 1 heterocycles. The number of rotatable bonds is 6. The van der Waals surface area contributed by atoms with Gasteiger partial charge in [-0.1, -0.05) is 36.3 Å². The summed E-state index contributed by atoms with van der Waals surface area (Å²) < 4.78 is 1.69. The second-order valence-corrected chi connectivity index (χ2v) is 6.58. The van der Waals surface area contributed by atoms with Gasteiger partial charge in [-0.25, -0.2) is 4.68 Å². The second-order valence-electron chi connectivity index (χ2n) is 6.58. The topological polar surface area (TPSA) is 88.9 Å². The average molecular weight is 377 g/mol. The average Bonchev–Trinajstić information content (AvgIpc) is 3.20. The van der Waals surface area contributed by atoms with E-state index in [1.165, 1.54) is 0 Å². The smallest absolute Gasteiger partial charge is 0.267 e. The Morgan fingerprint density at radius 2 is 1.50 bits per heavy atom. The first-order valence-corrected chi connectivity index (χ1v) is 9.26. The van der Waals surface area contributed by atoms with Crippen LogP contribution >= 0.6 is 0 Å². The highest BCUT2D eigenvalue weighted by molar-refractivity contribution is 5.99. The van der Waals surface area contributed by atoms with Crippen LogP contribution in [0, 0.1) is 6.92 Å². The van der Waals surface area contributed by atoms with E-state index in [2.05, 4.69) is 28.1 Å². The van der Waals surface area contributed by atoms with Crippen molar-refractivity contribution in [2.45, 2.75) is 33.1 Å². The summed E-state index contributed by atoms with van der Waals surface area (Å²) in [5.74, 6) is -0.763. The van der Waals surface area contributed by atoms with Gasteiger partial charge in [0.15, 0.2) is 0 Å². The first-order chi connectivity index (χ1) is 13.6. The SMILES string of the molecule is CCCCc1cn(-c2ccc(C(=O)NNC(=O)c3ccc(C)cc3)cc2)nn1. The van der Waals surface area contributed by atoms with Crippen LogP contribution in [-0.2, 0) is 6.42 Å². The molecule has 7 heteroatoms. The zero-order valence-corrected chi connectivity index (χ0v) is 16.0. The minimum absolute atomic E-state index is 0.368. The molecule has 3 rings (SSSR count). The van der Waals surface area contributed by atoms with Gasteiger partial charge in [-0.2, -0.15) is 0 Å². The summed E-state index contributed by atoms with van der Waals surface area (Å²) in [7, 11) is 0. The largest absolute Gasteiger partial charge is 0.269 e. The number of hydrazine groups is 1. The number of nitrogens with zero attached hydrogens (tertiary/aromatic N) is 3. The van der Waals surface area contributed by atoms with Crippen molar-refractivity contribution in [1.29, 1.82) is 0 Å². The Hall–Kier alpha value is -3.48. The van der Waals surface area contributed by atoms with Gasteiger partial charge in [-0.3, -0.25) is 20.4 Å². The molecule has 0 spiro atoms. The van der Waals surface area contributed by atoms with Gasteiger partial charge in [0, 0.05) is 11.1 Å². The Bertz CT molecular complexity index is 946. The van der Waals surface area contributed by atoms with Crippen molar-refractivity contribution < 1.29 is 9.59 Å². The van der Waals surface area contributed by atoms with Crippen LogP contribution in [-0.4, -0.2) is 26.8 Å². The molecule has 0 bridgehead atoms. The van der Waals surface area contributed by atoms with Crippen molar-refractivity contribution in [1.82, 2.24) is 25.8 Å². The van der Waals surface area contributed by atoms with Crippen LogP contribution in [0.4, 0.5) is 0 Å². The van der Waals surface area contributed by atoms with E-state index in [1.54, 1.807) is 41.1 Å². The number of benzene rings is 2. The Kier molecular flexibility index (Phi) is 6.16. The molecule has 7 nitrogen and oxygen atoms in total. The van der Waals surface area contributed by atoms with Crippen LogP contribution in [0.2, 0.25) is 0 Å². The maximum absolute atomic E-state index is 12.2. The number of unbranched alkanes of at least 4 members (excludes halogenated alkanes) is 1. The zero-order valence-electron chi connectivity index (χ0n) is 16.0. The predicted octanol–water partition coefficient (Wildman–Crippen LogP) is 2.99. The van der Waals surface area contributed by atoms with Crippen molar-refractivity contribution in [3.8, 4) is 5.69 Å². The number of hydrogen-bond acceptors (Lipinski definition) is 4. The number of carbonyl (C=O) groups is 2. The van der Waals surface area contributed by atoms with Crippen LogP contribution < -0.4 is 10.9 Å². The standard InChI is InChI=1S/C21H23N5O2/c1-3-4-5-18-14-26(25-22-18)19-12-10-17(11-13-19)21(28)24-23-20(27)16-8-6-15(2)7-9-16/h6-14H,3-5H2,1-2H3,(H,23,27)(H,24,28). The lowest BCUT2D eigenvalue weighted by atomic mass is 10.1. The molecular formula is C21H23N5O2. The summed E-state index contributed by atoms with van der Waals surface area (Å²) in [5, 5.41) is 8.28. The molecule has 144 valence electrons. The summed E-state index contributed by atoms with van der Waals surface area (Å²) in [6.07, 6.45) is 4.98. The summed E-state index contributed by atoms with van der Waals surface area (Å²) in [5.41, 5.74) is 8.58. The lowest BCUT2D eigenvalue weighted by molar-refractivity contribution is 0.0846. The van der Waals surface area contributed by atoms with Crippen LogP contribution in [0.3, 0.4) is 0 Å². The highest BCUT2D eigenvalue weighted by Gasteiger charge is 2.10. The minimum atomic E-state index is -0.394.